The van der Waals surface area contributed by atoms with Crippen LogP contribution in [0.2, 0.25) is 0 Å². The highest BCUT2D eigenvalue weighted by Gasteiger charge is 2.27. The Labute approximate surface area is 127 Å². The predicted molar refractivity (Wildman–Crippen MR) is 82.4 cm³/mol. The molecular weight excluding hydrogens is 270 g/mol. The van der Waals surface area contributed by atoms with Crippen LogP contribution in [-0.4, -0.2) is 65.7 Å². The lowest BCUT2D eigenvalue weighted by atomic mass is 10.1. The van der Waals surface area contributed by atoms with Gasteiger partial charge in [0.1, 0.15) is 6.04 Å². The number of rotatable bonds is 8. The topological polar surface area (TPSA) is 72.9 Å². The number of aliphatic carboxylic acids is 1. The van der Waals surface area contributed by atoms with Gasteiger partial charge in [0.2, 0.25) is 0 Å². The van der Waals surface area contributed by atoms with Gasteiger partial charge in [0.25, 0.3) is 0 Å². The summed E-state index contributed by atoms with van der Waals surface area (Å²) in [4.78, 5) is 27.3. The number of hydrogen-bond donors (Lipinski definition) is 2. The van der Waals surface area contributed by atoms with Crippen molar-refractivity contribution in [1.29, 1.82) is 0 Å². The number of unbranched alkanes of at least 4 members (excludes halogenated alkanes) is 1. The lowest BCUT2D eigenvalue weighted by Crippen LogP contribution is -2.49. The third-order valence-electron chi connectivity index (χ3n) is 4.18. The van der Waals surface area contributed by atoms with Gasteiger partial charge in [0.15, 0.2) is 0 Å². The summed E-state index contributed by atoms with van der Waals surface area (Å²) in [6, 6.07) is -0.683. The summed E-state index contributed by atoms with van der Waals surface area (Å²) in [6.45, 7) is 6.87. The minimum atomic E-state index is -0.957. The molecule has 0 saturated carbocycles. The van der Waals surface area contributed by atoms with Crippen LogP contribution >= 0.6 is 0 Å². The first-order valence-corrected chi connectivity index (χ1v) is 7.98. The Morgan fingerprint density at radius 2 is 2.14 bits per heavy atom. The maximum Gasteiger partial charge on any atom is 0.326 e. The van der Waals surface area contributed by atoms with Crippen molar-refractivity contribution < 1.29 is 14.7 Å². The Kier molecular flexibility index (Phi) is 7.50. The number of nitrogens with zero attached hydrogens (tertiary/aromatic N) is 2. The number of likely N-dealkylation sites (tertiary alicyclic amines) is 1. The van der Waals surface area contributed by atoms with Gasteiger partial charge in [-0.15, -0.1) is 0 Å². The number of nitrogens with one attached hydrogen (secondary N) is 1. The molecule has 0 aromatic heterocycles. The van der Waals surface area contributed by atoms with Gasteiger partial charge in [0.05, 0.1) is 0 Å². The molecule has 0 aliphatic carbocycles. The second-order valence-electron chi connectivity index (χ2n) is 5.79. The number of carbonyl (C=O) groups is 2. The maximum absolute atomic E-state index is 12.1. The van der Waals surface area contributed by atoms with E-state index in [2.05, 4.69) is 17.1 Å². The van der Waals surface area contributed by atoms with Crippen LogP contribution in [0.5, 0.6) is 0 Å². The summed E-state index contributed by atoms with van der Waals surface area (Å²) >= 11 is 0. The van der Waals surface area contributed by atoms with Crippen molar-refractivity contribution in [3.05, 3.63) is 0 Å². The van der Waals surface area contributed by atoms with Crippen LogP contribution in [0.25, 0.3) is 0 Å². The van der Waals surface area contributed by atoms with Crippen LogP contribution in [0.4, 0.5) is 4.79 Å². The molecule has 2 N–H and O–H groups in total. The van der Waals surface area contributed by atoms with Crippen LogP contribution in [0.3, 0.4) is 0 Å². The molecule has 1 fully saturated rings. The van der Waals surface area contributed by atoms with E-state index in [0.29, 0.717) is 19.0 Å². The second-order valence-corrected chi connectivity index (χ2v) is 5.79. The monoisotopic (exact) mass is 299 g/mol. The second kappa shape index (κ2) is 8.87. The SMILES string of the molecule is CCCCC(NC(=O)N(C)CC1CCCN1CC)C(=O)O. The summed E-state index contributed by atoms with van der Waals surface area (Å²) in [5.41, 5.74) is 0. The molecule has 0 aromatic carbocycles. The van der Waals surface area contributed by atoms with E-state index in [1.807, 2.05) is 6.92 Å². The summed E-state index contributed by atoms with van der Waals surface area (Å²) in [5, 5.41) is 11.8. The minimum absolute atomic E-state index is 0.290. The zero-order valence-electron chi connectivity index (χ0n) is 13.5. The maximum atomic E-state index is 12.1. The largest absolute Gasteiger partial charge is 0.480 e. The lowest BCUT2D eigenvalue weighted by Gasteiger charge is -2.28. The third kappa shape index (κ3) is 5.53. The molecule has 1 rings (SSSR count). The van der Waals surface area contributed by atoms with Gasteiger partial charge in [-0.2, -0.15) is 0 Å². The number of hydrogen-bond acceptors (Lipinski definition) is 3. The highest BCUT2D eigenvalue weighted by molar-refractivity contribution is 5.82. The lowest BCUT2D eigenvalue weighted by molar-refractivity contribution is -0.139. The summed E-state index contributed by atoms with van der Waals surface area (Å²) in [7, 11) is 1.74. The first-order chi connectivity index (χ1) is 9.99. The molecule has 122 valence electrons. The van der Waals surface area contributed by atoms with Gasteiger partial charge in [-0.3, -0.25) is 4.90 Å². The molecule has 0 spiro atoms. The van der Waals surface area contributed by atoms with Crippen molar-refractivity contribution in [2.75, 3.05) is 26.7 Å². The molecule has 2 amide bonds. The highest BCUT2D eigenvalue weighted by Crippen LogP contribution is 2.17. The fraction of sp³-hybridized carbons (Fsp3) is 0.867. The summed E-state index contributed by atoms with van der Waals surface area (Å²) < 4.78 is 0. The van der Waals surface area contributed by atoms with Crippen LogP contribution in [0, 0.1) is 0 Å². The fourth-order valence-corrected chi connectivity index (χ4v) is 2.84. The average Bonchev–Trinajstić information content (AvgIpc) is 2.89. The first kappa shape index (κ1) is 17.8. The number of carboxylic acids is 1. The number of amides is 2. The van der Waals surface area contributed by atoms with Crippen LogP contribution in [0.15, 0.2) is 0 Å². The van der Waals surface area contributed by atoms with Gasteiger partial charge in [-0.25, -0.2) is 9.59 Å². The molecule has 6 heteroatoms. The van der Waals surface area contributed by atoms with Crippen molar-refractivity contribution in [1.82, 2.24) is 15.1 Å². The summed E-state index contributed by atoms with van der Waals surface area (Å²) in [6.07, 6.45) is 4.47. The quantitative estimate of drug-likeness (QED) is 0.716. The molecule has 1 aliphatic rings. The van der Waals surface area contributed by atoms with Crippen LogP contribution < -0.4 is 5.32 Å². The van der Waals surface area contributed by atoms with E-state index >= 15 is 0 Å². The number of urea groups is 1. The first-order valence-electron chi connectivity index (χ1n) is 7.98. The molecule has 2 atom stereocenters. The Hall–Kier alpha value is -1.30. The van der Waals surface area contributed by atoms with Gasteiger partial charge in [-0.1, -0.05) is 26.7 Å². The van der Waals surface area contributed by atoms with Gasteiger partial charge in [0, 0.05) is 19.6 Å². The zero-order valence-corrected chi connectivity index (χ0v) is 13.5. The van der Waals surface area contributed by atoms with Crippen molar-refractivity contribution in [2.45, 2.75) is 58.0 Å². The van der Waals surface area contributed by atoms with Gasteiger partial charge in [-0.05, 0) is 32.4 Å². The van der Waals surface area contributed by atoms with Crippen LogP contribution in [-0.2, 0) is 4.79 Å². The van der Waals surface area contributed by atoms with Gasteiger partial charge >= 0.3 is 12.0 Å². The molecule has 0 radical (unpaired) electrons. The molecular formula is C15H29N3O3. The fourth-order valence-electron chi connectivity index (χ4n) is 2.84. The Morgan fingerprint density at radius 1 is 1.43 bits per heavy atom. The molecule has 1 saturated heterocycles. The van der Waals surface area contributed by atoms with E-state index in [1.54, 1.807) is 11.9 Å². The molecule has 0 aromatic rings. The Balaban J connectivity index is 2.46. The van der Waals surface area contributed by atoms with E-state index in [9.17, 15) is 9.59 Å². The molecule has 1 heterocycles. The summed E-state index contributed by atoms with van der Waals surface area (Å²) in [5.74, 6) is -0.957. The minimum Gasteiger partial charge on any atom is -0.480 e. The number of carboxylic acid groups (broad SMARTS) is 1. The van der Waals surface area contributed by atoms with E-state index < -0.39 is 12.0 Å². The van der Waals surface area contributed by atoms with E-state index in [-0.39, 0.29) is 6.03 Å². The standard InChI is InChI=1S/C15H29N3O3/c1-4-6-9-13(14(19)20)16-15(21)17(3)11-12-8-7-10-18(12)5-2/h12-13H,4-11H2,1-3H3,(H,16,21)(H,19,20). The van der Waals surface area contributed by atoms with E-state index in [1.165, 1.54) is 6.42 Å². The number of carbonyl (C=O) groups excluding carboxylic acids is 1. The van der Waals surface area contributed by atoms with Crippen molar-refractivity contribution in [2.24, 2.45) is 0 Å². The molecule has 21 heavy (non-hydrogen) atoms. The van der Waals surface area contributed by atoms with E-state index in [0.717, 1.165) is 32.4 Å². The van der Waals surface area contributed by atoms with Crippen molar-refractivity contribution >= 4 is 12.0 Å². The van der Waals surface area contributed by atoms with Crippen molar-refractivity contribution in [3.8, 4) is 0 Å². The zero-order chi connectivity index (χ0) is 15.8. The van der Waals surface area contributed by atoms with Crippen molar-refractivity contribution in [3.63, 3.8) is 0 Å². The predicted octanol–water partition coefficient (Wildman–Crippen LogP) is 1.76. The normalized spacial score (nSPS) is 20.2. The van der Waals surface area contributed by atoms with E-state index in [4.69, 9.17) is 5.11 Å². The molecule has 0 bridgehead atoms. The smallest absolute Gasteiger partial charge is 0.326 e. The third-order valence-corrected chi connectivity index (χ3v) is 4.18. The Bertz CT molecular complexity index is 349. The molecule has 2 unspecified atom stereocenters. The Morgan fingerprint density at radius 3 is 2.71 bits per heavy atom. The molecule has 6 nitrogen and oxygen atoms in total. The average molecular weight is 299 g/mol. The number of likely N-dealkylation sites (N-methyl/N-ethyl adjacent to an activating group) is 2. The highest BCUT2D eigenvalue weighted by atomic mass is 16.4. The van der Waals surface area contributed by atoms with Crippen LogP contribution in [0.1, 0.15) is 46.0 Å². The molecule has 1 aliphatic heterocycles. The van der Waals surface area contributed by atoms with Gasteiger partial charge < -0.3 is 15.3 Å².